The summed E-state index contributed by atoms with van der Waals surface area (Å²) in [6, 6.07) is -0.718. The Hall–Kier alpha value is -2.60. The van der Waals surface area contributed by atoms with Gasteiger partial charge in [0.25, 0.3) is 0 Å². The van der Waals surface area contributed by atoms with Gasteiger partial charge in [-0.15, -0.1) is 18.9 Å². The maximum atomic E-state index is 14.8. The molecule has 5 atom stereocenters. The fourth-order valence-corrected chi connectivity index (χ4v) is 11.3. The standard InChI is InChI=1S/C42H63NO7S/c1-8-10-18-30(38(47)34(45)21-11-9-2)24-35(46)37-36-33(41(36,6)7)27-43(37)39(48)32(29-19-14-12-15-20-29)25-31(44)26-42(22-16-13-17-23-42)28-51(49,50)40(3,4)5/h1,9,29-30,32-33,36-37H,2,10-28H2,3-7H3/t30?,32-,33?,36-,37+/m0/s1. The summed E-state index contributed by atoms with van der Waals surface area (Å²) in [5.74, 6) is -0.343. The molecule has 4 rings (SSSR count). The van der Waals surface area contributed by atoms with Crippen molar-refractivity contribution in [1.82, 2.24) is 4.90 Å². The molecule has 4 fully saturated rings. The number of ketones is 4. The molecular weight excluding hydrogens is 663 g/mol. The van der Waals surface area contributed by atoms with Crippen molar-refractivity contribution in [3.05, 3.63) is 12.7 Å². The van der Waals surface area contributed by atoms with Crippen molar-refractivity contribution in [3.63, 3.8) is 0 Å². The van der Waals surface area contributed by atoms with E-state index < -0.39 is 49.4 Å². The lowest BCUT2D eigenvalue weighted by atomic mass is 9.70. The zero-order valence-electron chi connectivity index (χ0n) is 32.0. The molecule has 0 aromatic rings. The van der Waals surface area contributed by atoms with Gasteiger partial charge in [-0.1, -0.05) is 58.4 Å². The van der Waals surface area contributed by atoms with E-state index in [1.807, 2.05) is 0 Å². The zero-order chi connectivity index (χ0) is 37.8. The van der Waals surface area contributed by atoms with Crippen molar-refractivity contribution in [2.45, 2.75) is 155 Å². The van der Waals surface area contributed by atoms with Crippen LogP contribution < -0.4 is 0 Å². The van der Waals surface area contributed by atoms with Crippen LogP contribution >= 0.6 is 0 Å². The summed E-state index contributed by atoms with van der Waals surface area (Å²) in [5, 5.41) is 0. The highest BCUT2D eigenvalue weighted by Crippen LogP contribution is 2.65. The molecule has 0 bridgehead atoms. The molecule has 3 saturated carbocycles. The summed E-state index contributed by atoms with van der Waals surface area (Å²) in [4.78, 5) is 70.9. The van der Waals surface area contributed by atoms with Crippen LogP contribution in [-0.2, 0) is 33.8 Å². The van der Waals surface area contributed by atoms with Crippen LogP contribution in [0.5, 0.6) is 0 Å². The average molecular weight is 726 g/mol. The van der Waals surface area contributed by atoms with Gasteiger partial charge in [-0.3, -0.25) is 24.0 Å². The van der Waals surface area contributed by atoms with Crippen molar-refractivity contribution in [2.75, 3.05) is 12.3 Å². The molecular formula is C42H63NO7S. The first-order valence-corrected chi connectivity index (χ1v) is 21.2. The first kappa shape index (κ1) is 41.2. The number of Topliss-reactive ketones (excluding diaryl/α,β-unsaturated/α-hetero) is 4. The Balaban J connectivity index is 1.59. The average Bonchev–Trinajstić information content (AvgIpc) is 3.38. The number of terminal acetylenes is 1. The van der Waals surface area contributed by atoms with Gasteiger partial charge >= 0.3 is 0 Å². The van der Waals surface area contributed by atoms with E-state index in [-0.39, 0.29) is 84.9 Å². The molecule has 1 saturated heterocycles. The predicted octanol–water partition coefficient (Wildman–Crippen LogP) is 7.27. The Labute approximate surface area is 307 Å². The van der Waals surface area contributed by atoms with Crippen molar-refractivity contribution in [1.29, 1.82) is 0 Å². The van der Waals surface area contributed by atoms with Crippen LogP contribution in [0.4, 0.5) is 0 Å². The largest absolute Gasteiger partial charge is 0.332 e. The fourth-order valence-electron chi connectivity index (χ4n) is 9.65. The van der Waals surface area contributed by atoms with Crippen molar-refractivity contribution >= 4 is 38.9 Å². The SMILES string of the molecule is C#CCCC(CC(=O)[C@@H]1[C@@H]2C(CN1C(=O)[C@@H](CC(=O)CC1(CS(=O)(=O)C(C)(C)C)CCCCC1)C1CCCCC1)C2(C)C)C(=O)C(=O)CCC=C. The third-order valence-electron chi connectivity index (χ3n) is 13.0. The summed E-state index contributed by atoms with van der Waals surface area (Å²) in [7, 11) is -3.47. The molecule has 0 aromatic carbocycles. The molecule has 9 heteroatoms. The third kappa shape index (κ3) is 9.50. The lowest BCUT2D eigenvalue weighted by Gasteiger charge is -2.40. The highest BCUT2D eigenvalue weighted by Gasteiger charge is 2.69. The number of amides is 1. The van der Waals surface area contributed by atoms with E-state index in [0.29, 0.717) is 25.8 Å². The number of allylic oxidation sites excluding steroid dienone is 1. The van der Waals surface area contributed by atoms with Gasteiger partial charge in [0.15, 0.2) is 21.4 Å². The Kier molecular flexibility index (Phi) is 13.4. The summed E-state index contributed by atoms with van der Waals surface area (Å²) >= 11 is 0. The van der Waals surface area contributed by atoms with Gasteiger partial charge in [-0.2, -0.15) is 0 Å². The maximum Gasteiger partial charge on any atom is 0.227 e. The molecule has 1 aliphatic heterocycles. The van der Waals surface area contributed by atoms with Crippen LogP contribution in [-0.4, -0.2) is 65.4 Å². The smallest absolute Gasteiger partial charge is 0.227 e. The predicted molar refractivity (Wildman–Crippen MR) is 200 cm³/mol. The van der Waals surface area contributed by atoms with Gasteiger partial charge in [-0.25, -0.2) is 8.42 Å². The number of sulfone groups is 1. The Bertz CT molecular complexity index is 1480. The minimum absolute atomic E-state index is 0.0175. The van der Waals surface area contributed by atoms with Crippen LogP contribution in [0.3, 0.4) is 0 Å². The number of piperidine rings is 1. The molecule has 51 heavy (non-hydrogen) atoms. The van der Waals surface area contributed by atoms with Crippen LogP contribution in [0.2, 0.25) is 0 Å². The van der Waals surface area contributed by atoms with Gasteiger partial charge in [-0.05, 0) is 87.9 Å². The summed E-state index contributed by atoms with van der Waals surface area (Å²) in [6.07, 6.45) is 17.0. The topological polar surface area (TPSA) is 123 Å². The Morgan fingerprint density at radius 2 is 1.61 bits per heavy atom. The third-order valence-corrected chi connectivity index (χ3v) is 15.9. The molecule has 0 spiro atoms. The van der Waals surface area contributed by atoms with Crippen LogP contribution in [0.25, 0.3) is 0 Å². The van der Waals surface area contributed by atoms with E-state index in [1.54, 1.807) is 31.7 Å². The van der Waals surface area contributed by atoms with E-state index in [2.05, 4.69) is 26.3 Å². The van der Waals surface area contributed by atoms with Crippen molar-refractivity contribution < 1.29 is 32.4 Å². The molecule has 2 unspecified atom stereocenters. The van der Waals surface area contributed by atoms with Crippen LogP contribution in [0.15, 0.2) is 12.7 Å². The van der Waals surface area contributed by atoms with Crippen LogP contribution in [0.1, 0.15) is 144 Å². The van der Waals surface area contributed by atoms with Crippen molar-refractivity contribution in [2.24, 2.45) is 40.4 Å². The normalized spacial score (nSPS) is 25.6. The molecule has 1 amide bonds. The number of fused-ring (bicyclic) bond motifs is 1. The zero-order valence-corrected chi connectivity index (χ0v) is 32.8. The number of hydrogen-bond acceptors (Lipinski definition) is 7. The van der Waals surface area contributed by atoms with E-state index in [9.17, 15) is 32.4 Å². The molecule has 8 nitrogen and oxygen atoms in total. The number of likely N-dealkylation sites (tertiary alicyclic amines) is 1. The van der Waals surface area contributed by atoms with E-state index in [0.717, 1.165) is 51.4 Å². The summed E-state index contributed by atoms with van der Waals surface area (Å²) in [6.45, 7) is 13.4. The van der Waals surface area contributed by atoms with Crippen molar-refractivity contribution in [3.8, 4) is 12.3 Å². The first-order chi connectivity index (χ1) is 23.9. The molecule has 0 radical (unpaired) electrons. The second kappa shape index (κ2) is 16.6. The van der Waals surface area contributed by atoms with E-state index >= 15 is 0 Å². The molecule has 284 valence electrons. The lowest BCUT2D eigenvalue weighted by Crippen LogP contribution is -2.50. The van der Waals surface area contributed by atoms with Gasteiger partial charge in [0.05, 0.1) is 16.5 Å². The van der Waals surface area contributed by atoms with E-state index in [4.69, 9.17) is 6.42 Å². The minimum atomic E-state index is -3.47. The molecule has 0 N–H and O–H groups in total. The molecule has 0 aromatic heterocycles. The second-order valence-corrected chi connectivity index (χ2v) is 20.7. The van der Waals surface area contributed by atoms with Gasteiger partial charge in [0.1, 0.15) is 5.78 Å². The van der Waals surface area contributed by atoms with Crippen LogP contribution in [0, 0.1) is 52.8 Å². The summed E-state index contributed by atoms with van der Waals surface area (Å²) in [5.41, 5.74) is -0.764. The second-order valence-electron chi connectivity index (χ2n) is 18.0. The maximum absolute atomic E-state index is 14.8. The van der Waals surface area contributed by atoms with Gasteiger partial charge in [0.2, 0.25) is 11.7 Å². The summed E-state index contributed by atoms with van der Waals surface area (Å²) < 4.78 is 26.0. The minimum Gasteiger partial charge on any atom is -0.332 e. The highest BCUT2D eigenvalue weighted by atomic mass is 32.2. The molecule has 4 aliphatic rings. The number of nitrogens with zero attached hydrogens (tertiary/aromatic N) is 1. The first-order valence-electron chi connectivity index (χ1n) is 19.6. The number of hydrogen-bond donors (Lipinski definition) is 0. The molecule has 3 aliphatic carbocycles. The highest BCUT2D eigenvalue weighted by molar-refractivity contribution is 7.92. The van der Waals surface area contributed by atoms with Gasteiger partial charge in [0, 0.05) is 50.5 Å². The number of rotatable bonds is 18. The lowest BCUT2D eigenvalue weighted by molar-refractivity contribution is -0.147. The molecule has 1 heterocycles. The Morgan fingerprint density at radius 3 is 2.20 bits per heavy atom. The van der Waals surface area contributed by atoms with Gasteiger partial charge < -0.3 is 4.90 Å². The van der Waals surface area contributed by atoms with E-state index in [1.165, 1.54) is 0 Å². The Morgan fingerprint density at radius 1 is 0.980 bits per heavy atom. The monoisotopic (exact) mass is 725 g/mol. The number of carbonyl (C=O) groups is 5. The number of carbonyl (C=O) groups excluding carboxylic acids is 5. The fraction of sp³-hybridized carbons (Fsp3) is 0.786. The quantitative estimate of drug-likeness (QED) is 0.0828.